The normalized spacial score (nSPS) is 11.5. The van der Waals surface area contributed by atoms with Crippen molar-refractivity contribution < 1.29 is 0 Å². The lowest BCUT2D eigenvalue weighted by Crippen LogP contribution is -1.86. The molecule has 0 saturated heterocycles. The lowest BCUT2D eigenvalue weighted by Gasteiger charge is -1.96. The van der Waals surface area contributed by atoms with E-state index < -0.39 is 0 Å². The van der Waals surface area contributed by atoms with Crippen LogP contribution < -0.4 is 5.73 Å². The van der Waals surface area contributed by atoms with Gasteiger partial charge in [-0.15, -0.1) is 22.7 Å². The van der Waals surface area contributed by atoms with Crippen molar-refractivity contribution in [2.75, 3.05) is 5.73 Å². The van der Waals surface area contributed by atoms with Crippen LogP contribution in [0.1, 0.15) is 11.1 Å². The number of fused-ring (bicyclic) bond motifs is 2. The highest BCUT2D eigenvalue weighted by molar-refractivity contribution is 7.28. The standard InChI is InChI=1S/C17H14N2S2/c1-9-3-6-13-11(7-9)8-14(20-13)17-19-15-12(18)5-4-10(2)16(15)21-17/h3-8H,18H2,1-2H3. The molecular weight excluding hydrogens is 296 g/mol. The highest BCUT2D eigenvalue weighted by Gasteiger charge is 2.13. The van der Waals surface area contributed by atoms with Gasteiger partial charge in [0.25, 0.3) is 0 Å². The highest BCUT2D eigenvalue weighted by Crippen LogP contribution is 2.39. The lowest BCUT2D eigenvalue weighted by atomic mass is 10.2. The van der Waals surface area contributed by atoms with Gasteiger partial charge in [0.05, 0.1) is 15.3 Å². The van der Waals surface area contributed by atoms with Gasteiger partial charge in [0.1, 0.15) is 10.5 Å². The average Bonchev–Trinajstić information content (AvgIpc) is 3.06. The van der Waals surface area contributed by atoms with E-state index in [1.54, 1.807) is 22.7 Å². The zero-order valence-corrected chi connectivity index (χ0v) is 13.4. The second-order valence-electron chi connectivity index (χ2n) is 5.32. The van der Waals surface area contributed by atoms with Gasteiger partial charge in [0, 0.05) is 4.70 Å². The van der Waals surface area contributed by atoms with Crippen molar-refractivity contribution in [2.45, 2.75) is 13.8 Å². The summed E-state index contributed by atoms with van der Waals surface area (Å²) in [5, 5.41) is 2.35. The maximum atomic E-state index is 6.06. The fraction of sp³-hybridized carbons (Fsp3) is 0.118. The minimum absolute atomic E-state index is 0.759. The summed E-state index contributed by atoms with van der Waals surface area (Å²) in [6.07, 6.45) is 0. The molecule has 21 heavy (non-hydrogen) atoms. The van der Waals surface area contributed by atoms with Gasteiger partial charge in [-0.3, -0.25) is 0 Å². The third-order valence-electron chi connectivity index (χ3n) is 3.65. The van der Waals surface area contributed by atoms with E-state index in [0.717, 1.165) is 16.2 Å². The number of rotatable bonds is 1. The van der Waals surface area contributed by atoms with Crippen LogP contribution in [0.15, 0.2) is 36.4 Å². The molecule has 0 unspecified atom stereocenters. The Morgan fingerprint density at radius 1 is 1.00 bits per heavy atom. The Balaban J connectivity index is 1.95. The first-order chi connectivity index (χ1) is 10.1. The molecule has 4 rings (SSSR count). The number of thiophene rings is 1. The van der Waals surface area contributed by atoms with Gasteiger partial charge in [0.15, 0.2) is 0 Å². The Labute approximate surface area is 130 Å². The minimum atomic E-state index is 0.759. The van der Waals surface area contributed by atoms with E-state index in [-0.39, 0.29) is 0 Å². The number of benzene rings is 2. The largest absolute Gasteiger partial charge is 0.397 e. The number of anilines is 1. The Morgan fingerprint density at radius 2 is 1.86 bits per heavy atom. The Kier molecular flexibility index (Phi) is 2.77. The summed E-state index contributed by atoms with van der Waals surface area (Å²) < 4.78 is 2.50. The van der Waals surface area contributed by atoms with Gasteiger partial charge in [-0.25, -0.2) is 4.98 Å². The second-order valence-corrected chi connectivity index (χ2v) is 7.40. The van der Waals surface area contributed by atoms with E-state index in [1.807, 2.05) is 6.07 Å². The van der Waals surface area contributed by atoms with E-state index in [4.69, 9.17) is 10.7 Å². The van der Waals surface area contributed by atoms with Gasteiger partial charge >= 0.3 is 0 Å². The number of thiazole rings is 1. The lowest BCUT2D eigenvalue weighted by molar-refractivity contribution is 1.48. The van der Waals surface area contributed by atoms with E-state index in [1.165, 1.54) is 30.8 Å². The van der Waals surface area contributed by atoms with E-state index in [0.29, 0.717) is 0 Å². The van der Waals surface area contributed by atoms with Crippen molar-refractivity contribution in [1.29, 1.82) is 0 Å². The molecule has 2 heterocycles. The fourth-order valence-corrected chi connectivity index (χ4v) is 4.68. The van der Waals surface area contributed by atoms with Gasteiger partial charge < -0.3 is 5.73 Å². The molecule has 0 aliphatic carbocycles. The summed E-state index contributed by atoms with van der Waals surface area (Å²) in [4.78, 5) is 5.98. The molecule has 0 bridgehead atoms. The molecule has 0 fully saturated rings. The van der Waals surface area contributed by atoms with Gasteiger partial charge in [-0.05, 0) is 43.0 Å². The second kappa shape index (κ2) is 4.55. The maximum Gasteiger partial charge on any atom is 0.134 e. The summed E-state index contributed by atoms with van der Waals surface area (Å²) in [7, 11) is 0. The van der Waals surface area contributed by atoms with Crippen molar-refractivity contribution in [3.05, 3.63) is 47.5 Å². The van der Waals surface area contributed by atoms with Crippen LogP contribution in [0.3, 0.4) is 0 Å². The highest BCUT2D eigenvalue weighted by atomic mass is 32.1. The van der Waals surface area contributed by atoms with Crippen molar-refractivity contribution in [1.82, 2.24) is 4.98 Å². The van der Waals surface area contributed by atoms with Crippen molar-refractivity contribution in [3.8, 4) is 9.88 Å². The predicted molar refractivity (Wildman–Crippen MR) is 94.3 cm³/mol. The van der Waals surface area contributed by atoms with Crippen LogP contribution in [0.25, 0.3) is 30.2 Å². The zero-order chi connectivity index (χ0) is 14.6. The summed E-state index contributed by atoms with van der Waals surface area (Å²) >= 11 is 3.52. The Bertz CT molecular complexity index is 940. The first-order valence-electron chi connectivity index (χ1n) is 6.78. The van der Waals surface area contributed by atoms with E-state index in [9.17, 15) is 0 Å². The topological polar surface area (TPSA) is 38.9 Å². The zero-order valence-electron chi connectivity index (χ0n) is 11.8. The molecule has 2 nitrogen and oxygen atoms in total. The molecule has 0 spiro atoms. The molecule has 0 atom stereocenters. The van der Waals surface area contributed by atoms with Gasteiger partial charge in [-0.1, -0.05) is 23.8 Å². The van der Waals surface area contributed by atoms with Crippen LogP contribution in [0, 0.1) is 13.8 Å². The molecule has 0 amide bonds. The van der Waals surface area contributed by atoms with Crippen LogP contribution in [0.5, 0.6) is 0 Å². The molecule has 0 aliphatic heterocycles. The molecule has 0 radical (unpaired) electrons. The molecule has 4 heteroatoms. The van der Waals surface area contributed by atoms with Crippen LogP contribution in [0.4, 0.5) is 5.69 Å². The number of aromatic nitrogens is 1. The van der Waals surface area contributed by atoms with Crippen molar-refractivity contribution >= 4 is 48.7 Å². The fourth-order valence-electron chi connectivity index (χ4n) is 2.53. The molecule has 4 aromatic rings. The minimum Gasteiger partial charge on any atom is -0.397 e. The number of nitrogens with zero attached hydrogens (tertiary/aromatic N) is 1. The number of aryl methyl sites for hydroxylation is 2. The molecule has 0 saturated carbocycles. The van der Waals surface area contributed by atoms with E-state index >= 15 is 0 Å². The number of hydrogen-bond acceptors (Lipinski definition) is 4. The molecule has 104 valence electrons. The van der Waals surface area contributed by atoms with Crippen LogP contribution in [-0.2, 0) is 0 Å². The Hall–Kier alpha value is -1.91. The number of hydrogen-bond donors (Lipinski definition) is 1. The third kappa shape index (κ3) is 2.03. The Morgan fingerprint density at radius 3 is 2.67 bits per heavy atom. The van der Waals surface area contributed by atoms with Crippen molar-refractivity contribution in [2.24, 2.45) is 0 Å². The smallest absolute Gasteiger partial charge is 0.134 e. The monoisotopic (exact) mass is 310 g/mol. The molecular formula is C17H14N2S2. The quantitative estimate of drug-likeness (QED) is 0.480. The van der Waals surface area contributed by atoms with Crippen LogP contribution in [0.2, 0.25) is 0 Å². The van der Waals surface area contributed by atoms with Gasteiger partial charge in [0.2, 0.25) is 0 Å². The maximum absolute atomic E-state index is 6.06. The van der Waals surface area contributed by atoms with E-state index in [2.05, 4.69) is 44.2 Å². The predicted octanol–water partition coefficient (Wildman–Crippen LogP) is 5.38. The first kappa shape index (κ1) is 12.8. The summed E-state index contributed by atoms with van der Waals surface area (Å²) in [6.45, 7) is 4.23. The van der Waals surface area contributed by atoms with Gasteiger partial charge in [-0.2, -0.15) is 0 Å². The molecule has 0 aliphatic rings. The molecule has 2 aromatic heterocycles. The van der Waals surface area contributed by atoms with Crippen LogP contribution in [-0.4, -0.2) is 4.98 Å². The SMILES string of the molecule is Cc1ccc2sc(-c3nc4c(N)ccc(C)c4s3)cc2c1. The van der Waals surface area contributed by atoms with Crippen LogP contribution >= 0.6 is 22.7 Å². The molecule has 2 N–H and O–H groups in total. The van der Waals surface area contributed by atoms with Crippen molar-refractivity contribution in [3.63, 3.8) is 0 Å². The summed E-state index contributed by atoms with van der Waals surface area (Å²) in [5.41, 5.74) is 10.3. The first-order valence-corrected chi connectivity index (χ1v) is 8.41. The number of nitrogen functional groups attached to an aromatic ring is 1. The summed E-state index contributed by atoms with van der Waals surface area (Å²) in [5.74, 6) is 0. The third-order valence-corrected chi connectivity index (χ3v) is 6.13. The molecule has 2 aromatic carbocycles. The average molecular weight is 310 g/mol. The number of nitrogens with two attached hydrogens (primary N) is 1. The summed E-state index contributed by atoms with van der Waals surface area (Å²) in [6, 6.07) is 12.8.